The lowest BCUT2D eigenvalue weighted by Gasteiger charge is -2.29. The number of nitrogens with zero attached hydrogens (tertiary/aromatic N) is 1. The summed E-state index contributed by atoms with van der Waals surface area (Å²) in [6, 6.07) is 9.44. The Morgan fingerprint density at radius 2 is 1.72 bits per heavy atom. The van der Waals surface area contributed by atoms with Crippen molar-refractivity contribution in [3.8, 4) is 0 Å². The van der Waals surface area contributed by atoms with Gasteiger partial charge in [-0.15, -0.1) is 0 Å². The Morgan fingerprint density at radius 3 is 2.20 bits per heavy atom. The molecule has 0 N–H and O–H groups in total. The lowest BCUT2D eigenvalue weighted by atomic mass is 9.96. The highest BCUT2D eigenvalue weighted by molar-refractivity contribution is 5.93. The summed E-state index contributed by atoms with van der Waals surface area (Å²) in [6.07, 6.45) is 0.0343. The molecule has 0 unspecified atom stereocenters. The number of carbonyl (C=O) groups is 2. The third-order valence-corrected chi connectivity index (χ3v) is 3.54. The number of carbonyl (C=O) groups excluding carboxylic acids is 2. The summed E-state index contributed by atoms with van der Waals surface area (Å²) in [4.78, 5) is 26.9. The summed E-state index contributed by atoms with van der Waals surface area (Å²) in [5.41, 5.74) is 0.212. The van der Waals surface area contributed by atoms with Gasteiger partial charge in [0.2, 0.25) is 5.91 Å². The standard InChI is InChI=1S/C20H31NO4/c1-15(2)12-17(14-24-6)18(22)21(19(23)25-20(3,4)5)13-16-10-8-7-9-11-16/h7-11,15,17H,12-14H2,1-6H3/t17-/m1/s1. The van der Waals surface area contributed by atoms with Crippen molar-refractivity contribution in [1.29, 1.82) is 0 Å². The maximum absolute atomic E-state index is 13.0. The number of methoxy groups -OCH3 is 1. The first-order valence-electron chi connectivity index (χ1n) is 8.71. The normalized spacial score (nSPS) is 12.8. The Kier molecular flexibility index (Phi) is 8.10. The van der Waals surface area contributed by atoms with Crippen LogP contribution in [0.4, 0.5) is 4.79 Å². The fourth-order valence-corrected chi connectivity index (χ4v) is 2.55. The van der Waals surface area contributed by atoms with Crippen LogP contribution in [0.3, 0.4) is 0 Å². The summed E-state index contributed by atoms with van der Waals surface area (Å²) in [7, 11) is 1.57. The van der Waals surface area contributed by atoms with Gasteiger partial charge in [-0.25, -0.2) is 9.69 Å². The average molecular weight is 349 g/mol. The summed E-state index contributed by atoms with van der Waals surface area (Å²) >= 11 is 0. The Bertz CT molecular complexity index is 549. The monoisotopic (exact) mass is 349 g/mol. The summed E-state index contributed by atoms with van der Waals surface area (Å²) in [5.74, 6) is -0.309. The Hall–Kier alpha value is -1.88. The topological polar surface area (TPSA) is 55.8 Å². The molecule has 0 saturated carbocycles. The highest BCUT2D eigenvalue weighted by atomic mass is 16.6. The second kappa shape index (κ2) is 9.56. The van der Waals surface area contributed by atoms with Gasteiger partial charge in [0.15, 0.2) is 0 Å². The molecule has 0 fully saturated rings. The molecule has 0 aliphatic heterocycles. The zero-order chi connectivity index (χ0) is 19.0. The Balaban J connectivity index is 3.05. The molecule has 0 radical (unpaired) electrons. The maximum Gasteiger partial charge on any atom is 0.417 e. The van der Waals surface area contributed by atoms with E-state index in [9.17, 15) is 9.59 Å². The molecule has 0 saturated heterocycles. The minimum atomic E-state index is -0.666. The number of rotatable bonds is 7. The molecular formula is C20H31NO4. The molecule has 25 heavy (non-hydrogen) atoms. The van der Waals surface area contributed by atoms with Crippen LogP contribution in [0, 0.1) is 11.8 Å². The molecule has 2 amide bonds. The van der Waals surface area contributed by atoms with Crippen LogP contribution in [-0.2, 0) is 20.8 Å². The summed E-state index contributed by atoms with van der Waals surface area (Å²) < 4.78 is 10.7. The number of benzene rings is 1. The first-order chi connectivity index (χ1) is 11.6. The van der Waals surface area contributed by atoms with Gasteiger partial charge in [-0.1, -0.05) is 44.2 Å². The molecule has 0 spiro atoms. The zero-order valence-corrected chi connectivity index (χ0v) is 16.2. The van der Waals surface area contributed by atoms with E-state index in [0.717, 1.165) is 5.56 Å². The van der Waals surface area contributed by atoms with Crippen molar-refractivity contribution in [2.24, 2.45) is 11.8 Å². The second-order valence-corrected chi connectivity index (χ2v) is 7.67. The van der Waals surface area contributed by atoms with E-state index < -0.39 is 11.7 Å². The highest BCUT2D eigenvalue weighted by Crippen LogP contribution is 2.20. The van der Waals surface area contributed by atoms with E-state index in [-0.39, 0.29) is 25.0 Å². The molecule has 0 heterocycles. The average Bonchev–Trinajstić information content (AvgIpc) is 2.50. The Morgan fingerprint density at radius 1 is 1.12 bits per heavy atom. The minimum absolute atomic E-state index is 0.187. The Labute approximate surface area is 151 Å². The number of hydrogen-bond donors (Lipinski definition) is 0. The van der Waals surface area contributed by atoms with Gasteiger partial charge >= 0.3 is 6.09 Å². The van der Waals surface area contributed by atoms with Crippen LogP contribution >= 0.6 is 0 Å². The summed E-state index contributed by atoms with van der Waals surface area (Å²) in [6.45, 7) is 9.93. The van der Waals surface area contributed by atoms with Gasteiger partial charge in [0, 0.05) is 7.11 Å². The molecule has 140 valence electrons. The van der Waals surface area contributed by atoms with E-state index in [1.54, 1.807) is 27.9 Å². The van der Waals surface area contributed by atoms with E-state index in [4.69, 9.17) is 9.47 Å². The van der Waals surface area contributed by atoms with Crippen molar-refractivity contribution in [2.75, 3.05) is 13.7 Å². The predicted octanol–water partition coefficient (Wildman–Crippen LogP) is 4.26. The van der Waals surface area contributed by atoms with Crippen molar-refractivity contribution >= 4 is 12.0 Å². The lowest BCUT2D eigenvalue weighted by Crippen LogP contribution is -2.44. The van der Waals surface area contributed by atoms with Crippen LogP contribution in [0.25, 0.3) is 0 Å². The largest absolute Gasteiger partial charge is 0.443 e. The zero-order valence-electron chi connectivity index (χ0n) is 16.2. The van der Waals surface area contributed by atoms with E-state index >= 15 is 0 Å². The number of hydrogen-bond acceptors (Lipinski definition) is 4. The van der Waals surface area contributed by atoms with Gasteiger partial charge < -0.3 is 9.47 Å². The number of ether oxygens (including phenoxy) is 2. The van der Waals surface area contributed by atoms with Gasteiger partial charge in [0.05, 0.1) is 19.1 Å². The third kappa shape index (κ3) is 7.69. The lowest BCUT2D eigenvalue weighted by molar-refractivity contribution is -0.137. The molecule has 5 heteroatoms. The molecule has 1 rings (SSSR count). The van der Waals surface area contributed by atoms with E-state index in [1.807, 2.05) is 44.2 Å². The van der Waals surface area contributed by atoms with Gasteiger partial charge in [0.1, 0.15) is 5.60 Å². The molecule has 0 aromatic heterocycles. The van der Waals surface area contributed by atoms with Crippen LogP contribution in [0.2, 0.25) is 0 Å². The number of amides is 2. The molecule has 1 aromatic carbocycles. The second-order valence-electron chi connectivity index (χ2n) is 7.67. The predicted molar refractivity (Wildman–Crippen MR) is 98.0 cm³/mol. The quantitative estimate of drug-likeness (QED) is 0.738. The van der Waals surface area contributed by atoms with E-state index in [1.165, 1.54) is 4.90 Å². The first-order valence-corrected chi connectivity index (χ1v) is 8.71. The van der Waals surface area contributed by atoms with Crippen molar-refractivity contribution < 1.29 is 19.1 Å². The molecule has 0 aliphatic carbocycles. The summed E-state index contributed by atoms with van der Waals surface area (Å²) in [5, 5.41) is 0. The fraction of sp³-hybridized carbons (Fsp3) is 0.600. The molecule has 0 aliphatic rings. The molecule has 5 nitrogen and oxygen atoms in total. The van der Waals surface area contributed by atoms with Gasteiger partial charge in [-0.05, 0) is 38.7 Å². The first kappa shape index (κ1) is 21.2. The SMILES string of the molecule is COC[C@@H](CC(C)C)C(=O)N(Cc1ccccc1)C(=O)OC(C)(C)C. The minimum Gasteiger partial charge on any atom is -0.443 e. The maximum atomic E-state index is 13.0. The van der Waals surface area contributed by atoms with Crippen LogP contribution < -0.4 is 0 Å². The van der Waals surface area contributed by atoms with Gasteiger partial charge in [-0.3, -0.25) is 4.79 Å². The van der Waals surface area contributed by atoms with E-state index in [0.29, 0.717) is 12.3 Å². The molecule has 1 atom stereocenters. The van der Waals surface area contributed by atoms with Crippen LogP contribution in [0.1, 0.15) is 46.6 Å². The fourth-order valence-electron chi connectivity index (χ4n) is 2.55. The number of imide groups is 1. The van der Waals surface area contributed by atoms with Gasteiger partial charge in [0.25, 0.3) is 0 Å². The van der Waals surface area contributed by atoms with Gasteiger partial charge in [-0.2, -0.15) is 0 Å². The smallest absolute Gasteiger partial charge is 0.417 e. The van der Waals surface area contributed by atoms with E-state index in [2.05, 4.69) is 0 Å². The van der Waals surface area contributed by atoms with Crippen molar-refractivity contribution in [3.63, 3.8) is 0 Å². The van der Waals surface area contributed by atoms with Crippen molar-refractivity contribution in [2.45, 2.75) is 53.2 Å². The van der Waals surface area contributed by atoms with Crippen molar-refractivity contribution in [1.82, 2.24) is 4.90 Å². The molecule has 1 aromatic rings. The molecular weight excluding hydrogens is 318 g/mol. The van der Waals surface area contributed by atoms with Crippen LogP contribution in [0.5, 0.6) is 0 Å². The van der Waals surface area contributed by atoms with Crippen molar-refractivity contribution in [3.05, 3.63) is 35.9 Å². The highest BCUT2D eigenvalue weighted by Gasteiger charge is 2.32. The third-order valence-electron chi connectivity index (χ3n) is 3.54. The van der Waals surface area contributed by atoms with Crippen LogP contribution in [0.15, 0.2) is 30.3 Å². The van der Waals surface area contributed by atoms with Crippen LogP contribution in [-0.4, -0.2) is 36.2 Å². The molecule has 0 bridgehead atoms.